The van der Waals surface area contributed by atoms with Crippen molar-refractivity contribution in [2.75, 3.05) is 72.1 Å². The quantitative estimate of drug-likeness (QED) is 0.0803. The number of nitrogens with one attached hydrogen (secondary N) is 6. The summed E-state index contributed by atoms with van der Waals surface area (Å²) >= 11 is 0. The van der Waals surface area contributed by atoms with E-state index in [1.807, 2.05) is 0 Å². The topological polar surface area (TPSA) is 81.4 Å². The molecule has 0 atom stereocenters. The Kier molecular flexibility index (Phi) is 22.1. The average molecular weight is 589 g/mol. The SMILES string of the molecule is CC(C)CNCCCNCCCNCc1cc(CNCCCNCCCNCC(C)C)cc(OCC2CCCCC2)c1. The molecule has 1 saturated carbocycles. The van der Waals surface area contributed by atoms with Crippen LogP contribution in [0.3, 0.4) is 0 Å². The van der Waals surface area contributed by atoms with Crippen LogP contribution in [-0.2, 0) is 13.1 Å². The van der Waals surface area contributed by atoms with Crippen molar-refractivity contribution in [3.63, 3.8) is 0 Å². The van der Waals surface area contributed by atoms with E-state index in [-0.39, 0.29) is 0 Å². The van der Waals surface area contributed by atoms with Gasteiger partial charge in [-0.25, -0.2) is 0 Å². The Morgan fingerprint density at radius 2 is 1.00 bits per heavy atom. The highest BCUT2D eigenvalue weighted by Gasteiger charge is 2.14. The van der Waals surface area contributed by atoms with Gasteiger partial charge in [0.2, 0.25) is 0 Å². The van der Waals surface area contributed by atoms with Crippen molar-refractivity contribution in [2.24, 2.45) is 17.8 Å². The van der Waals surface area contributed by atoms with E-state index in [0.717, 1.165) is 121 Å². The van der Waals surface area contributed by atoms with Gasteiger partial charge in [0.15, 0.2) is 0 Å². The molecule has 1 aliphatic carbocycles. The Balaban J connectivity index is 1.65. The van der Waals surface area contributed by atoms with Gasteiger partial charge in [0.1, 0.15) is 5.75 Å². The van der Waals surface area contributed by atoms with Crippen LogP contribution in [0.15, 0.2) is 18.2 Å². The van der Waals surface area contributed by atoms with Gasteiger partial charge in [0, 0.05) is 13.1 Å². The summed E-state index contributed by atoms with van der Waals surface area (Å²) in [5.41, 5.74) is 2.65. The van der Waals surface area contributed by atoms with Crippen molar-refractivity contribution in [3.05, 3.63) is 29.3 Å². The standard InChI is InChI=1S/C35H68N6O/c1-30(2)25-38-18-8-14-36-16-10-20-40-27-33-22-34(24-35(23-33)42-29-32-12-6-5-7-13-32)28-41-21-11-17-37-15-9-19-39-26-31(3)4/h22-24,30-32,36-41H,5-21,25-29H2,1-4H3. The van der Waals surface area contributed by atoms with Gasteiger partial charge in [0.05, 0.1) is 6.61 Å². The van der Waals surface area contributed by atoms with E-state index < -0.39 is 0 Å². The van der Waals surface area contributed by atoms with Crippen molar-refractivity contribution >= 4 is 0 Å². The molecule has 2 rings (SSSR count). The molecule has 1 aromatic rings. The molecule has 0 bridgehead atoms. The molecule has 0 aromatic heterocycles. The molecule has 0 heterocycles. The van der Waals surface area contributed by atoms with Gasteiger partial charge >= 0.3 is 0 Å². The highest BCUT2D eigenvalue weighted by atomic mass is 16.5. The third-order valence-electron chi connectivity index (χ3n) is 7.83. The lowest BCUT2D eigenvalue weighted by atomic mass is 9.90. The molecule has 1 aromatic carbocycles. The van der Waals surface area contributed by atoms with Crippen molar-refractivity contribution in [1.29, 1.82) is 0 Å². The predicted octanol–water partition coefficient (Wildman–Crippen LogP) is 5.06. The van der Waals surface area contributed by atoms with Crippen LogP contribution < -0.4 is 36.6 Å². The Hall–Kier alpha value is -1.22. The van der Waals surface area contributed by atoms with Crippen LogP contribution in [0, 0.1) is 17.8 Å². The van der Waals surface area contributed by atoms with E-state index in [9.17, 15) is 0 Å². The first-order valence-electron chi connectivity index (χ1n) is 17.5. The number of benzene rings is 1. The van der Waals surface area contributed by atoms with Gasteiger partial charge in [-0.05, 0) is 145 Å². The van der Waals surface area contributed by atoms with Crippen LogP contribution in [0.5, 0.6) is 5.75 Å². The zero-order valence-electron chi connectivity index (χ0n) is 27.9. The third kappa shape index (κ3) is 20.6. The van der Waals surface area contributed by atoms with Crippen LogP contribution >= 0.6 is 0 Å². The summed E-state index contributed by atoms with van der Waals surface area (Å²) in [6, 6.07) is 6.85. The van der Waals surface area contributed by atoms with Gasteiger partial charge in [-0.15, -0.1) is 0 Å². The zero-order valence-corrected chi connectivity index (χ0v) is 27.9. The molecular formula is C35H68N6O. The van der Waals surface area contributed by atoms with Gasteiger partial charge in [-0.3, -0.25) is 0 Å². The molecule has 7 nitrogen and oxygen atoms in total. The van der Waals surface area contributed by atoms with Gasteiger partial charge in [-0.1, -0.05) is 53.0 Å². The fourth-order valence-electron chi connectivity index (χ4n) is 5.43. The van der Waals surface area contributed by atoms with Crippen LogP contribution in [0.4, 0.5) is 0 Å². The molecule has 0 aliphatic heterocycles. The minimum atomic E-state index is 0.721. The highest BCUT2D eigenvalue weighted by Crippen LogP contribution is 2.25. The summed E-state index contributed by atoms with van der Waals surface area (Å²) < 4.78 is 6.37. The molecule has 1 fully saturated rings. The number of hydrogen-bond acceptors (Lipinski definition) is 7. The minimum absolute atomic E-state index is 0.721. The van der Waals surface area contributed by atoms with Gasteiger partial charge in [-0.2, -0.15) is 0 Å². The van der Waals surface area contributed by atoms with Gasteiger partial charge in [0.25, 0.3) is 0 Å². The maximum atomic E-state index is 6.37. The average Bonchev–Trinajstić information content (AvgIpc) is 2.98. The first kappa shape index (κ1) is 37.0. The maximum Gasteiger partial charge on any atom is 0.119 e. The largest absolute Gasteiger partial charge is 0.493 e. The Bertz CT molecular complexity index is 705. The summed E-state index contributed by atoms with van der Waals surface area (Å²) in [5, 5.41) is 21.5. The van der Waals surface area contributed by atoms with Crippen molar-refractivity contribution in [3.8, 4) is 5.75 Å². The third-order valence-corrected chi connectivity index (χ3v) is 7.83. The second-order valence-electron chi connectivity index (χ2n) is 13.3. The minimum Gasteiger partial charge on any atom is -0.493 e. The molecule has 42 heavy (non-hydrogen) atoms. The lowest BCUT2D eigenvalue weighted by molar-refractivity contribution is 0.208. The summed E-state index contributed by atoms with van der Waals surface area (Å²) in [6.45, 7) is 22.5. The first-order chi connectivity index (χ1) is 20.5. The van der Waals surface area contributed by atoms with Crippen molar-refractivity contribution < 1.29 is 4.74 Å². The van der Waals surface area contributed by atoms with E-state index in [0.29, 0.717) is 0 Å². The first-order valence-corrected chi connectivity index (χ1v) is 17.5. The molecule has 0 spiro atoms. The van der Waals surface area contributed by atoms with Crippen molar-refractivity contribution in [1.82, 2.24) is 31.9 Å². The summed E-state index contributed by atoms with van der Waals surface area (Å²) in [6.07, 6.45) is 11.4. The molecule has 0 unspecified atom stereocenters. The zero-order chi connectivity index (χ0) is 30.1. The van der Waals surface area contributed by atoms with Crippen LogP contribution in [0.25, 0.3) is 0 Å². The molecule has 0 radical (unpaired) electrons. The molecule has 0 saturated heterocycles. The monoisotopic (exact) mass is 589 g/mol. The molecular weight excluding hydrogens is 520 g/mol. The summed E-state index contributed by atoms with van der Waals surface area (Å²) in [4.78, 5) is 0. The van der Waals surface area contributed by atoms with E-state index in [1.54, 1.807) is 0 Å². The molecule has 0 amide bonds. The Morgan fingerprint density at radius 3 is 1.45 bits per heavy atom. The molecule has 6 N–H and O–H groups in total. The van der Waals surface area contributed by atoms with E-state index >= 15 is 0 Å². The second kappa shape index (κ2) is 25.1. The maximum absolute atomic E-state index is 6.37. The van der Waals surface area contributed by atoms with Crippen LogP contribution in [0.2, 0.25) is 0 Å². The fourth-order valence-corrected chi connectivity index (χ4v) is 5.43. The van der Waals surface area contributed by atoms with E-state index in [1.165, 1.54) is 56.1 Å². The molecule has 7 heteroatoms. The Labute approximate surface area is 259 Å². The van der Waals surface area contributed by atoms with E-state index in [2.05, 4.69) is 77.8 Å². The lowest BCUT2D eigenvalue weighted by Gasteiger charge is -2.22. The fraction of sp³-hybridized carbons (Fsp3) is 0.829. The molecule has 1 aliphatic rings. The summed E-state index contributed by atoms with van der Waals surface area (Å²) in [7, 11) is 0. The van der Waals surface area contributed by atoms with Crippen LogP contribution in [0.1, 0.15) is 96.6 Å². The van der Waals surface area contributed by atoms with Crippen LogP contribution in [-0.4, -0.2) is 72.1 Å². The number of hydrogen-bond donors (Lipinski definition) is 6. The van der Waals surface area contributed by atoms with Crippen molar-refractivity contribution in [2.45, 2.75) is 98.6 Å². The van der Waals surface area contributed by atoms with Gasteiger partial charge < -0.3 is 36.6 Å². The number of ether oxygens (including phenoxy) is 1. The summed E-state index contributed by atoms with van der Waals surface area (Å²) in [5.74, 6) is 3.21. The smallest absolute Gasteiger partial charge is 0.119 e. The van der Waals surface area contributed by atoms with E-state index in [4.69, 9.17) is 4.74 Å². The predicted molar refractivity (Wildman–Crippen MR) is 182 cm³/mol. The second-order valence-corrected chi connectivity index (χ2v) is 13.3. The number of rotatable bonds is 27. The normalized spacial score (nSPS) is 14.3. The lowest BCUT2D eigenvalue weighted by Crippen LogP contribution is -2.26. The highest BCUT2D eigenvalue weighted by molar-refractivity contribution is 5.34. The molecule has 244 valence electrons. The Morgan fingerprint density at radius 1 is 0.571 bits per heavy atom.